The van der Waals surface area contributed by atoms with Crippen LogP contribution in [0.4, 0.5) is 8.78 Å². The van der Waals surface area contributed by atoms with Gasteiger partial charge in [-0.15, -0.1) is 0 Å². The van der Waals surface area contributed by atoms with Crippen molar-refractivity contribution in [2.24, 2.45) is 17.8 Å². The van der Waals surface area contributed by atoms with Crippen LogP contribution in [0.25, 0.3) is 0 Å². The molecule has 0 radical (unpaired) electrons. The summed E-state index contributed by atoms with van der Waals surface area (Å²) in [6.45, 7) is 8.69. The Bertz CT molecular complexity index is 251. The van der Waals surface area contributed by atoms with Crippen LogP contribution in [0.1, 0.15) is 66.2 Å². The minimum atomic E-state index is -1.42. The Morgan fingerprint density at radius 3 is 2.05 bits per heavy atom. The average molecular weight is 290 g/mol. The van der Waals surface area contributed by atoms with Gasteiger partial charge in [-0.3, -0.25) is 0 Å². The molecule has 2 rings (SSSR count). The second kappa shape index (κ2) is 8.96. The molecule has 0 aromatic carbocycles. The molecule has 0 amide bonds. The molecule has 2 saturated carbocycles. The lowest BCUT2D eigenvalue weighted by atomic mass is 9.83. The number of hydrogen-bond donors (Lipinski definition) is 0. The lowest BCUT2D eigenvalue weighted by molar-refractivity contribution is -0.0832. The number of rotatable bonds is 3. The Kier molecular flexibility index (Phi) is 8.01. The van der Waals surface area contributed by atoms with Gasteiger partial charge < -0.3 is 4.74 Å². The number of hydrogen-bond acceptors (Lipinski definition) is 1. The zero-order chi connectivity index (χ0) is 15.1. The highest BCUT2D eigenvalue weighted by Gasteiger charge is 2.39. The van der Waals surface area contributed by atoms with Gasteiger partial charge in [-0.1, -0.05) is 40.5 Å². The molecule has 0 bridgehead atoms. The van der Waals surface area contributed by atoms with Crippen LogP contribution in [0.3, 0.4) is 0 Å². The molecule has 2 aliphatic carbocycles. The molecule has 120 valence electrons. The highest BCUT2D eigenvalue weighted by atomic mass is 19.2. The fourth-order valence-electron chi connectivity index (χ4n) is 3.20. The largest absolute Gasteiger partial charge is 0.375 e. The molecule has 20 heavy (non-hydrogen) atoms. The summed E-state index contributed by atoms with van der Waals surface area (Å²) < 4.78 is 33.1. The van der Waals surface area contributed by atoms with Crippen molar-refractivity contribution in [1.29, 1.82) is 0 Å². The molecule has 3 heteroatoms. The molecule has 2 aliphatic rings. The van der Waals surface area contributed by atoms with Gasteiger partial charge in [0.2, 0.25) is 0 Å². The van der Waals surface area contributed by atoms with E-state index in [-0.39, 0.29) is 5.92 Å². The summed E-state index contributed by atoms with van der Waals surface area (Å²) in [5, 5.41) is 0. The zero-order valence-corrected chi connectivity index (χ0v) is 13.6. The smallest absolute Gasteiger partial charge is 0.157 e. The Labute approximate surface area is 123 Å². The molecule has 4 atom stereocenters. The number of alkyl halides is 2. The second-order valence-corrected chi connectivity index (χ2v) is 6.44. The highest BCUT2D eigenvalue weighted by molar-refractivity contribution is 4.87. The Morgan fingerprint density at radius 2 is 1.45 bits per heavy atom. The SMILES string of the molecule is CC.CC1CCC(COC2CCC(C)C(F)C2F)CC1. The molecule has 0 aliphatic heterocycles. The topological polar surface area (TPSA) is 9.23 Å². The van der Waals surface area contributed by atoms with Crippen LogP contribution < -0.4 is 0 Å². The van der Waals surface area contributed by atoms with E-state index in [0.717, 1.165) is 12.3 Å². The van der Waals surface area contributed by atoms with Crippen LogP contribution in [0.15, 0.2) is 0 Å². The summed E-state index contributed by atoms with van der Waals surface area (Å²) in [4.78, 5) is 0. The van der Waals surface area contributed by atoms with Crippen LogP contribution in [0.2, 0.25) is 0 Å². The third kappa shape index (κ3) is 4.98. The van der Waals surface area contributed by atoms with Gasteiger partial charge in [-0.2, -0.15) is 0 Å². The Hall–Kier alpha value is -0.180. The van der Waals surface area contributed by atoms with E-state index in [4.69, 9.17) is 4.74 Å². The molecule has 1 nitrogen and oxygen atoms in total. The molecular formula is C17H32F2O. The van der Waals surface area contributed by atoms with Crippen LogP contribution >= 0.6 is 0 Å². The minimum absolute atomic E-state index is 0.157. The van der Waals surface area contributed by atoms with Crippen LogP contribution in [-0.4, -0.2) is 25.1 Å². The van der Waals surface area contributed by atoms with E-state index in [1.165, 1.54) is 25.7 Å². The summed E-state index contributed by atoms with van der Waals surface area (Å²) in [7, 11) is 0. The fourth-order valence-corrected chi connectivity index (χ4v) is 3.20. The maximum atomic E-state index is 13.8. The first-order valence-electron chi connectivity index (χ1n) is 8.47. The van der Waals surface area contributed by atoms with Crippen molar-refractivity contribution in [2.75, 3.05) is 6.61 Å². The molecule has 0 N–H and O–H groups in total. The maximum absolute atomic E-state index is 13.8. The first-order valence-corrected chi connectivity index (χ1v) is 8.47. The Morgan fingerprint density at radius 1 is 0.850 bits per heavy atom. The number of ether oxygens (including phenoxy) is 1. The predicted molar refractivity (Wildman–Crippen MR) is 80.4 cm³/mol. The molecule has 4 unspecified atom stereocenters. The first kappa shape index (κ1) is 17.9. The van der Waals surface area contributed by atoms with E-state index in [1.807, 2.05) is 13.8 Å². The van der Waals surface area contributed by atoms with Gasteiger partial charge in [0.05, 0.1) is 6.10 Å². The van der Waals surface area contributed by atoms with Crippen molar-refractivity contribution in [2.45, 2.75) is 84.7 Å². The maximum Gasteiger partial charge on any atom is 0.157 e. The van der Waals surface area contributed by atoms with Gasteiger partial charge in [-0.25, -0.2) is 8.78 Å². The molecule has 0 aromatic heterocycles. The summed E-state index contributed by atoms with van der Waals surface area (Å²) in [6, 6.07) is 0. The van der Waals surface area contributed by atoms with Crippen molar-refractivity contribution >= 4 is 0 Å². The molecule has 2 fully saturated rings. The molecule has 0 heterocycles. The van der Waals surface area contributed by atoms with E-state index in [9.17, 15) is 8.78 Å². The van der Waals surface area contributed by atoms with Gasteiger partial charge in [0.25, 0.3) is 0 Å². The van der Waals surface area contributed by atoms with Crippen molar-refractivity contribution in [3.05, 3.63) is 0 Å². The van der Waals surface area contributed by atoms with E-state index in [1.54, 1.807) is 6.92 Å². The summed E-state index contributed by atoms with van der Waals surface area (Å²) >= 11 is 0. The van der Waals surface area contributed by atoms with E-state index in [0.29, 0.717) is 18.9 Å². The van der Waals surface area contributed by atoms with Crippen LogP contribution in [0, 0.1) is 17.8 Å². The third-order valence-electron chi connectivity index (χ3n) is 4.79. The monoisotopic (exact) mass is 290 g/mol. The average Bonchev–Trinajstić information content (AvgIpc) is 2.48. The second-order valence-electron chi connectivity index (χ2n) is 6.44. The summed E-state index contributed by atoms with van der Waals surface area (Å²) in [5.41, 5.74) is 0. The molecule has 0 aromatic rings. The van der Waals surface area contributed by atoms with E-state index >= 15 is 0 Å². The van der Waals surface area contributed by atoms with Crippen molar-refractivity contribution < 1.29 is 13.5 Å². The van der Waals surface area contributed by atoms with Crippen molar-refractivity contribution in [3.8, 4) is 0 Å². The van der Waals surface area contributed by atoms with E-state index in [2.05, 4.69) is 6.92 Å². The van der Waals surface area contributed by atoms with Crippen molar-refractivity contribution in [3.63, 3.8) is 0 Å². The lowest BCUT2D eigenvalue weighted by Gasteiger charge is -2.34. The standard InChI is InChI=1S/C15H26F2O.C2H6/c1-10-3-6-12(7-4-10)9-18-13-8-5-11(2)14(16)15(13)17;1-2/h10-15H,3-9H2,1-2H3;1-2H3. The van der Waals surface area contributed by atoms with Gasteiger partial charge in [0.1, 0.15) is 6.17 Å². The summed E-state index contributed by atoms with van der Waals surface area (Å²) in [6.07, 6.45) is 3.02. The molecular weight excluding hydrogens is 258 g/mol. The fraction of sp³-hybridized carbons (Fsp3) is 1.00. The molecule has 0 saturated heterocycles. The Balaban J connectivity index is 0.000000956. The van der Waals surface area contributed by atoms with Gasteiger partial charge in [-0.05, 0) is 43.4 Å². The lowest BCUT2D eigenvalue weighted by Crippen LogP contribution is -2.42. The van der Waals surface area contributed by atoms with Crippen molar-refractivity contribution in [1.82, 2.24) is 0 Å². The third-order valence-corrected chi connectivity index (χ3v) is 4.79. The zero-order valence-electron chi connectivity index (χ0n) is 13.6. The highest BCUT2D eigenvalue weighted by Crippen LogP contribution is 2.33. The first-order chi connectivity index (χ1) is 9.58. The number of halogens is 2. The van der Waals surface area contributed by atoms with Crippen LogP contribution in [-0.2, 0) is 4.74 Å². The van der Waals surface area contributed by atoms with Gasteiger partial charge >= 0.3 is 0 Å². The summed E-state index contributed by atoms with van der Waals surface area (Å²) in [5.74, 6) is 1.22. The van der Waals surface area contributed by atoms with Gasteiger partial charge in [0, 0.05) is 6.61 Å². The molecule has 0 spiro atoms. The quantitative estimate of drug-likeness (QED) is 0.682. The minimum Gasteiger partial charge on any atom is -0.375 e. The van der Waals surface area contributed by atoms with E-state index < -0.39 is 18.4 Å². The van der Waals surface area contributed by atoms with Gasteiger partial charge in [0.15, 0.2) is 6.17 Å². The predicted octanol–water partition coefficient (Wildman–Crippen LogP) is 5.33. The van der Waals surface area contributed by atoms with Crippen LogP contribution in [0.5, 0.6) is 0 Å². The normalized spacial score (nSPS) is 41.7.